The normalized spacial score (nSPS) is 21.7. The summed E-state index contributed by atoms with van der Waals surface area (Å²) in [4.78, 5) is 2.55. The first kappa shape index (κ1) is 12.9. The summed E-state index contributed by atoms with van der Waals surface area (Å²) >= 11 is 0. The highest BCUT2D eigenvalue weighted by Gasteiger charge is 2.14. The predicted octanol–water partition coefficient (Wildman–Crippen LogP) is 2.87. The molecule has 3 rings (SSSR count). The van der Waals surface area contributed by atoms with Crippen LogP contribution in [0.5, 0.6) is 0 Å². The van der Waals surface area contributed by atoms with Crippen LogP contribution in [0.25, 0.3) is 0 Å². The van der Waals surface area contributed by atoms with Gasteiger partial charge in [-0.3, -0.25) is 4.90 Å². The van der Waals surface area contributed by atoms with Crippen molar-refractivity contribution >= 4 is 5.69 Å². The van der Waals surface area contributed by atoms with E-state index in [0.29, 0.717) is 6.04 Å². The Hall–Kier alpha value is -1.06. The Labute approximate surface area is 115 Å². The molecule has 0 saturated carbocycles. The topological polar surface area (TPSA) is 24.5 Å². The van der Waals surface area contributed by atoms with E-state index in [4.69, 9.17) is 4.74 Å². The summed E-state index contributed by atoms with van der Waals surface area (Å²) < 4.78 is 5.40. The van der Waals surface area contributed by atoms with Gasteiger partial charge >= 0.3 is 0 Å². The van der Waals surface area contributed by atoms with Crippen molar-refractivity contribution in [2.75, 3.05) is 31.6 Å². The van der Waals surface area contributed by atoms with Gasteiger partial charge in [0.25, 0.3) is 0 Å². The van der Waals surface area contributed by atoms with Crippen LogP contribution in [0, 0.1) is 0 Å². The summed E-state index contributed by atoms with van der Waals surface area (Å²) in [6, 6.07) is 9.49. The molecule has 1 N–H and O–H groups in total. The number of anilines is 1. The van der Waals surface area contributed by atoms with E-state index in [-0.39, 0.29) is 0 Å². The lowest BCUT2D eigenvalue weighted by atomic mass is 10.1. The zero-order valence-electron chi connectivity index (χ0n) is 11.6. The smallest absolute Gasteiger partial charge is 0.0485 e. The Morgan fingerprint density at radius 1 is 1.16 bits per heavy atom. The molecule has 0 amide bonds. The van der Waals surface area contributed by atoms with Gasteiger partial charge in [-0.2, -0.15) is 0 Å². The Balaban J connectivity index is 1.58. The summed E-state index contributed by atoms with van der Waals surface area (Å²) in [5.74, 6) is 0. The van der Waals surface area contributed by atoms with Crippen LogP contribution in [0.15, 0.2) is 24.3 Å². The molecule has 0 aliphatic carbocycles. The van der Waals surface area contributed by atoms with Crippen LogP contribution in [-0.4, -0.2) is 37.2 Å². The number of hydrogen-bond donors (Lipinski definition) is 1. The molecule has 0 radical (unpaired) electrons. The van der Waals surface area contributed by atoms with Crippen molar-refractivity contribution in [3.05, 3.63) is 29.8 Å². The first-order valence-corrected chi connectivity index (χ1v) is 7.56. The van der Waals surface area contributed by atoms with Crippen molar-refractivity contribution < 1.29 is 4.74 Å². The van der Waals surface area contributed by atoms with Crippen molar-refractivity contribution in [2.45, 2.75) is 38.3 Å². The molecule has 2 aliphatic heterocycles. The van der Waals surface area contributed by atoms with Crippen molar-refractivity contribution in [3.8, 4) is 0 Å². The minimum absolute atomic E-state index is 0.579. The van der Waals surface area contributed by atoms with Crippen molar-refractivity contribution in [2.24, 2.45) is 0 Å². The monoisotopic (exact) mass is 260 g/mol. The quantitative estimate of drug-likeness (QED) is 0.901. The molecule has 2 aliphatic rings. The van der Waals surface area contributed by atoms with Gasteiger partial charge in [0.1, 0.15) is 0 Å². The van der Waals surface area contributed by atoms with Crippen LogP contribution in [0.2, 0.25) is 0 Å². The third-order valence-electron chi connectivity index (χ3n) is 4.12. The maximum atomic E-state index is 5.40. The first-order valence-electron chi connectivity index (χ1n) is 7.56. The van der Waals surface area contributed by atoms with E-state index in [2.05, 4.69) is 34.5 Å². The Kier molecular flexibility index (Phi) is 4.36. The van der Waals surface area contributed by atoms with E-state index in [1.165, 1.54) is 37.2 Å². The highest BCUT2D eigenvalue weighted by Crippen LogP contribution is 2.19. The van der Waals surface area contributed by atoms with Gasteiger partial charge in [-0.25, -0.2) is 0 Å². The van der Waals surface area contributed by atoms with Crippen molar-refractivity contribution in [1.29, 1.82) is 0 Å². The van der Waals surface area contributed by atoms with E-state index in [1.807, 2.05) is 0 Å². The van der Waals surface area contributed by atoms with Crippen LogP contribution in [0.1, 0.15) is 31.2 Å². The summed E-state index contributed by atoms with van der Waals surface area (Å²) in [7, 11) is 0. The first-order chi connectivity index (χ1) is 9.40. The third-order valence-corrected chi connectivity index (χ3v) is 4.12. The fraction of sp³-hybridized carbons (Fsp3) is 0.625. The molecule has 2 heterocycles. The van der Waals surface area contributed by atoms with Gasteiger partial charge in [0.15, 0.2) is 0 Å². The molecule has 1 aromatic carbocycles. The molecule has 3 heteroatoms. The molecule has 1 aromatic rings. The predicted molar refractivity (Wildman–Crippen MR) is 78.4 cm³/mol. The zero-order chi connectivity index (χ0) is 12.9. The van der Waals surface area contributed by atoms with Crippen LogP contribution in [-0.2, 0) is 11.3 Å². The number of nitrogens with zero attached hydrogens (tertiary/aromatic N) is 1. The average Bonchev–Trinajstić information content (AvgIpc) is 2.93. The van der Waals surface area contributed by atoms with Crippen molar-refractivity contribution in [3.63, 3.8) is 0 Å². The Morgan fingerprint density at radius 2 is 1.95 bits per heavy atom. The third kappa shape index (κ3) is 3.71. The minimum Gasteiger partial charge on any atom is -0.382 e. The van der Waals surface area contributed by atoms with Gasteiger partial charge in [-0.15, -0.1) is 0 Å². The Morgan fingerprint density at radius 3 is 2.74 bits per heavy atom. The van der Waals surface area contributed by atoms with E-state index in [1.54, 1.807) is 0 Å². The highest BCUT2D eigenvalue weighted by atomic mass is 16.5. The van der Waals surface area contributed by atoms with Gasteiger partial charge in [0, 0.05) is 31.5 Å². The number of likely N-dealkylation sites (tertiary alicyclic amines) is 1. The lowest BCUT2D eigenvalue weighted by Gasteiger charge is -2.24. The van der Waals surface area contributed by atoms with Crippen LogP contribution in [0.4, 0.5) is 5.69 Å². The summed E-state index contributed by atoms with van der Waals surface area (Å²) in [6.45, 7) is 5.41. The molecule has 0 aromatic heterocycles. The summed E-state index contributed by atoms with van der Waals surface area (Å²) in [6.07, 6.45) is 4.97. The number of ether oxygens (including phenoxy) is 1. The molecule has 3 nitrogen and oxygen atoms in total. The van der Waals surface area contributed by atoms with Crippen LogP contribution in [0.3, 0.4) is 0 Å². The number of nitrogens with one attached hydrogen (secondary N) is 1. The zero-order valence-corrected chi connectivity index (χ0v) is 11.6. The molecular formula is C16H24N2O. The van der Waals surface area contributed by atoms with E-state index in [0.717, 1.165) is 32.6 Å². The van der Waals surface area contributed by atoms with Crippen LogP contribution >= 0.6 is 0 Å². The lowest BCUT2D eigenvalue weighted by Crippen LogP contribution is -2.27. The number of benzene rings is 1. The lowest BCUT2D eigenvalue weighted by molar-refractivity contribution is 0.0904. The molecule has 0 bridgehead atoms. The fourth-order valence-electron chi connectivity index (χ4n) is 3.04. The molecule has 0 atom stereocenters. The molecule has 19 heavy (non-hydrogen) atoms. The molecule has 2 saturated heterocycles. The van der Waals surface area contributed by atoms with E-state index >= 15 is 0 Å². The van der Waals surface area contributed by atoms with Gasteiger partial charge in [0.05, 0.1) is 0 Å². The summed E-state index contributed by atoms with van der Waals surface area (Å²) in [5.41, 5.74) is 2.70. The second-order valence-electron chi connectivity index (χ2n) is 5.71. The number of hydrogen-bond acceptors (Lipinski definition) is 3. The molecule has 2 fully saturated rings. The highest BCUT2D eigenvalue weighted by molar-refractivity contribution is 5.46. The second-order valence-corrected chi connectivity index (χ2v) is 5.71. The van der Waals surface area contributed by atoms with E-state index < -0.39 is 0 Å². The van der Waals surface area contributed by atoms with Gasteiger partial charge in [-0.05, 0) is 56.5 Å². The standard InChI is InChI=1S/C16H24N2O/c1-2-9-18(8-1)13-14-4-3-5-16(12-14)17-15-6-10-19-11-7-15/h3-5,12,15,17H,1-2,6-11,13H2. The SMILES string of the molecule is c1cc(CN2CCCC2)cc(NC2CCOCC2)c1. The summed E-state index contributed by atoms with van der Waals surface area (Å²) in [5, 5.41) is 3.65. The molecular weight excluding hydrogens is 236 g/mol. The Bertz CT molecular complexity index is 395. The van der Waals surface area contributed by atoms with Gasteiger partial charge < -0.3 is 10.1 Å². The maximum Gasteiger partial charge on any atom is 0.0485 e. The number of rotatable bonds is 4. The fourth-order valence-corrected chi connectivity index (χ4v) is 3.04. The largest absolute Gasteiger partial charge is 0.382 e. The van der Waals surface area contributed by atoms with E-state index in [9.17, 15) is 0 Å². The minimum atomic E-state index is 0.579. The molecule has 0 spiro atoms. The van der Waals surface area contributed by atoms with Crippen molar-refractivity contribution in [1.82, 2.24) is 4.90 Å². The van der Waals surface area contributed by atoms with Gasteiger partial charge in [-0.1, -0.05) is 12.1 Å². The second kappa shape index (κ2) is 6.40. The molecule has 104 valence electrons. The van der Waals surface area contributed by atoms with Gasteiger partial charge in [0.2, 0.25) is 0 Å². The average molecular weight is 260 g/mol. The van der Waals surface area contributed by atoms with Crippen LogP contribution < -0.4 is 5.32 Å². The molecule has 0 unspecified atom stereocenters. The maximum absolute atomic E-state index is 5.40.